The van der Waals surface area contributed by atoms with Crippen molar-refractivity contribution >= 4 is 36.9 Å². The molecule has 2 N–H and O–H groups in total. The van der Waals surface area contributed by atoms with E-state index in [4.69, 9.17) is 25.6 Å². The summed E-state index contributed by atoms with van der Waals surface area (Å²) in [5.74, 6) is -1.16. The highest BCUT2D eigenvalue weighted by molar-refractivity contribution is 6.56. The van der Waals surface area contributed by atoms with Crippen LogP contribution in [0.5, 0.6) is 0 Å². The first kappa shape index (κ1) is 28.0. The van der Waals surface area contributed by atoms with E-state index in [9.17, 15) is 14.7 Å². The van der Waals surface area contributed by atoms with Crippen molar-refractivity contribution in [3.05, 3.63) is 99.5 Å². The van der Waals surface area contributed by atoms with E-state index in [1.54, 1.807) is 18.2 Å². The highest BCUT2D eigenvalue weighted by atomic mass is 35.5. The number of amides is 1. The number of aromatic carboxylic acids is 1. The fourth-order valence-corrected chi connectivity index (χ4v) is 5.30. The second kappa shape index (κ2) is 10.8. The molecule has 0 bridgehead atoms. The quantitative estimate of drug-likeness (QED) is 0.317. The minimum absolute atomic E-state index is 0.00719. The first-order valence-electron chi connectivity index (χ1n) is 13.1. The third-order valence-electron chi connectivity index (χ3n) is 7.91. The van der Waals surface area contributed by atoms with Gasteiger partial charge in [-0.05, 0) is 73.1 Å². The molecule has 0 unspecified atom stereocenters. The summed E-state index contributed by atoms with van der Waals surface area (Å²) in [5.41, 5.74) is 4.69. The van der Waals surface area contributed by atoms with Crippen LogP contribution in [0.25, 0.3) is 17.2 Å². The molecule has 2 aliphatic rings. The Labute approximate surface area is 239 Å². The molecule has 7 nitrogen and oxygen atoms in total. The zero-order valence-electron chi connectivity index (χ0n) is 22.9. The van der Waals surface area contributed by atoms with Crippen molar-refractivity contribution in [2.45, 2.75) is 44.8 Å². The summed E-state index contributed by atoms with van der Waals surface area (Å²) in [4.78, 5) is 24.3. The summed E-state index contributed by atoms with van der Waals surface area (Å²) in [7, 11) is -0.739. The molecule has 0 atom stereocenters. The zero-order valence-corrected chi connectivity index (χ0v) is 23.6. The Balaban J connectivity index is 1.32. The molecule has 206 valence electrons. The summed E-state index contributed by atoms with van der Waals surface area (Å²) >= 11 is 6.20. The number of carboxylic acids is 1. The highest BCUT2D eigenvalue weighted by Crippen LogP contribution is 2.44. The number of nitrogens with one attached hydrogen (secondary N) is 1. The molecule has 3 aromatic rings. The van der Waals surface area contributed by atoms with Gasteiger partial charge >= 0.3 is 19.2 Å². The number of ether oxygens (including phenoxy) is 1. The van der Waals surface area contributed by atoms with Gasteiger partial charge in [0.05, 0.1) is 21.8 Å². The number of carboxylic acid groups (broad SMARTS) is 1. The largest absolute Gasteiger partial charge is 0.492 e. The average molecular weight is 560 g/mol. The van der Waals surface area contributed by atoms with Crippen LogP contribution in [0.2, 0.25) is 5.02 Å². The van der Waals surface area contributed by atoms with E-state index >= 15 is 0 Å². The Bertz CT molecular complexity index is 1440. The Morgan fingerprint density at radius 2 is 1.55 bits per heavy atom. The van der Waals surface area contributed by atoms with Crippen LogP contribution in [0.15, 0.2) is 72.2 Å². The van der Waals surface area contributed by atoms with Gasteiger partial charge in [0.2, 0.25) is 0 Å². The Kier molecular flexibility index (Phi) is 7.53. The lowest BCUT2D eigenvalue weighted by molar-refractivity contribution is 0.00578. The van der Waals surface area contributed by atoms with E-state index in [2.05, 4.69) is 29.6 Å². The summed E-state index contributed by atoms with van der Waals surface area (Å²) in [6.45, 7) is 8.07. The van der Waals surface area contributed by atoms with Crippen LogP contribution in [-0.4, -0.2) is 48.6 Å². The summed E-state index contributed by atoms with van der Waals surface area (Å²) in [6, 6.07) is 21.0. The zero-order chi connectivity index (χ0) is 28.7. The molecular formula is C31H31BClNO6. The van der Waals surface area contributed by atoms with Crippen molar-refractivity contribution in [1.29, 1.82) is 0 Å². The van der Waals surface area contributed by atoms with Crippen LogP contribution in [0.4, 0.5) is 4.79 Å². The van der Waals surface area contributed by atoms with E-state index in [0.29, 0.717) is 11.0 Å². The first-order valence-corrected chi connectivity index (χ1v) is 13.5. The van der Waals surface area contributed by atoms with E-state index in [-0.39, 0.29) is 29.7 Å². The standard InChI is InChI=1S/C31H31BClNO6/c1-30(2)31(3,4)40-32(39-30)20(15-19-13-14-25(28(35)36)27(33)16-19)17-34-29(37)38-18-26-23-11-7-5-9-21(23)22-10-6-8-12-24(22)26/h5-16,26H,17-18H2,1-4H3,(H,34,37)(H,35,36). The normalized spacial score (nSPS) is 17.3. The predicted octanol–water partition coefficient (Wildman–Crippen LogP) is 6.59. The monoisotopic (exact) mass is 559 g/mol. The average Bonchev–Trinajstić information content (AvgIpc) is 3.34. The molecule has 1 aliphatic carbocycles. The van der Waals surface area contributed by atoms with Crippen molar-refractivity contribution in [3.63, 3.8) is 0 Å². The number of halogens is 1. The minimum atomic E-state index is -1.11. The maximum Gasteiger partial charge on any atom is 0.492 e. The van der Waals surface area contributed by atoms with E-state index in [1.165, 1.54) is 6.07 Å². The van der Waals surface area contributed by atoms with Crippen molar-refractivity contribution in [2.24, 2.45) is 0 Å². The van der Waals surface area contributed by atoms with Gasteiger partial charge in [-0.15, -0.1) is 0 Å². The Morgan fingerprint density at radius 3 is 2.10 bits per heavy atom. The maximum atomic E-state index is 12.9. The van der Waals surface area contributed by atoms with Crippen LogP contribution in [0, 0.1) is 0 Å². The van der Waals surface area contributed by atoms with Gasteiger partial charge in [-0.25, -0.2) is 9.59 Å². The fourth-order valence-electron chi connectivity index (χ4n) is 5.03. The Morgan fingerprint density at radius 1 is 0.975 bits per heavy atom. The number of benzene rings is 3. The third kappa shape index (κ3) is 5.39. The second-order valence-electron chi connectivity index (χ2n) is 11.0. The molecule has 1 heterocycles. The van der Waals surface area contributed by atoms with Gasteiger partial charge in [0, 0.05) is 12.5 Å². The number of fused-ring (bicyclic) bond motifs is 3. The van der Waals surface area contributed by atoms with Crippen molar-refractivity contribution in [1.82, 2.24) is 5.32 Å². The molecular weight excluding hydrogens is 529 g/mol. The summed E-state index contributed by atoms with van der Waals surface area (Å²) < 4.78 is 18.2. The molecule has 3 aromatic carbocycles. The van der Waals surface area contributed by atoms with Gasteiger partial charge in [-0.3, -0.25) is 0 Å². The molecule has 9 heteroatoms. The highest BCUT2D eigenvalue weighted by Gasteiger charge is 2.52. The molecule has 0 radical (unpaired) electrons. The molecule has 1 fully saturated rings. The number of alkyl carbamates (subject to hydrolysis) is 1. The number of rotatable bonds is 7. The molecule has 0 aromatic heterocycles. The number of hydrogen-bond acceptors (Lipinski definition) is 5. The third-order valence-corrected chi connectivity index (χ3v) is 8.22. The topological polar surface area (TPSA) is 94.1 Å². The molecule has 5 rings (SSSR count). The van der Waals surface area contributed by atoms with Gasteiger partial charge in [0.1, 0.15) is 6.61 Å². The van der Waals surface area contributed by atoms with Crippen LogP contribution in [-0.2, 0) is 14.0 Å². The minimum Gasteiger partial charge on any atom is -0.478 e. The maximum absolute atomic E-state index is 12.9. The van der Waals surface area contributed by atoms with Gasteiger partial charge in [-0.2, -0.15) is 0 Å². The molecule has 40 heavy (non-hydrogen) atoms. The van der Waals surface area contributed by atoms with Crippen LogP contribution < -0.4 is 5.32 Å². The summed E-state index contributed by atoms with van der Waals surface area (Å²) in [6.07, 6.45) is 1.21. The van der Waals surface area contributed by atoms with Crippen LogP contribution >= 0.6 is 11.6 Å². The van der Waals surface area contributed by atoms with E-state index in [0.717, 1.165) is 22.3 Å². The van der Waals surface area contributed by atoms with Gasteiger partial charge in [0.25, 0.3) is 0 Å². The second-order valence-corrected chi connectivity index (χ2v) is 11.4. The molecule has 0 saturated carbocycles. The molecule has 1 aliphatic heterocycles. The predicted molar refractivity (Wildman–Crippen MR) is 156 cm³/mol. The van der Waals surface area contributed by atoms with Gasteiger partial charge in [-0.1, -0.05) is 72.3 Å². The molecule has 0 spiro atoms. The number of carbonyl (C=O) groups excluding carboxylic acids is 1. The lowest BCUT2D eigenvalue weighted by atomic mass is 9.77. The smallest absolute Gasteiger partial charge is 0.478 e. The first-order chi connectivity index (χ1) is 19.0. The SMILES string of the molecule is CC1(C)OB(C(=Cc2ccc(C(=O)O)c(Cl)c2)CNC(=O)OCC2c3ccccc3-c3ccccc32)OC1(C)C. The molecule has 1 amide bonds. The van der Waals surface area contributed by atoms with Gasteiger partial charge in [0.15, 0.2) is 0 Å². The van der Waals surface area contributed by atoms with E-state index < -0.39 is 30.4 Å². The lowest BCUT2D eigenvalue weighted by Gasteiger charge is -2.32. The summed E-state index contributed by atoms with van der Waals surface area (Å²) in [5, 5.41) is 12.3. The van der Waals surface area contributed by atoms with Crippen LogP contribution in [0.3, 0.4) is 0 Å². The van der Waals surface area contributed by atoms with Gasteiger partial charge < -0.3 is 24.5 Å². The number of hydrogen-bond donors (Lipinski definition) is 2. The van der Waals surface area contributed by atoms with Crippen LogP contribution in [0.1, 0.15) is 60.7 Å². The lowest BCUT2D eigenvalue weighted by Crippen LogP contribution is -2.41. The fraction of sp³-hybridized carbons (Fsp3) is 0.290. The van der Waals surface area contributed by atoms with E-state index in [1.807, 2.05) is 52.0 Å². The van der Waals surface area contributed by atoms with Crippen molar-refractivity contribution in [2.75, 3.05) is 13.2 Å². The van der Waals surface area contributed by atoms with Crippen molar-refractivity contribution in [3.8, 4) is 11.1 Å². The number of carbonyl (C=O) groups is 2. The molecule has 1 saturated heterocycles. The van der Waals surface area contributed by atoms with Crippen molar-refractivity contribution < 1.29 is 28.7 Å². The Hall–Kier alpha value is -3.59.